The predicted octanol–water partition coefficient (Wildman–Crippen LogP) is 0.985. The zero-order valence-corrected chi connectivity index (χ0v) is 11.7. The van der Waals surface area contributed by atoms with E-state index in [0.717, 1.165) is 13.0 Å². The Morgan fingerprint density at radius 1 is 1.40 bits per heavy atom. The molecule has 1 amide bonds. The average Bonchev–Trinajstić information content (AvgIpc) is 2.93. The van der Waals surface area contributed by atoms with E-state index in [9.17, 15) is 18.0 Å². The minimum atomic E-state index is -4.14. The van der Waals surface area contributed by atoms with Crippen molar-refractivity contribution >= 4 is 5.91 Å². The molecule has 2 rings (SSSR count). The van der Waals surface area contributed by atoms with Gasteiger partial charge in [-0.15, -0.1) is 0 Å². The Balaban J connectivity index is 1.69. The monoisotopic (exact) mass is 293 g/mol. The van der Waals surface area contributed by atoms with Crippen molar-refractivity contribution in [3.63, 3.8) is 0 Å². The molecule has 4 nitrogen and oxygen atoms in total. The van der Waals surface area contributed by atoms with Gasteiger partial charge in [0.1, 0.15) is 0 Å². The maximum Gasteiger partial charge on any atom is 0.401 e. The fraction of sp³-hybridized carbons (Fsp3) is 0.923. The molecule has 116 valence electrons. The predicted molar refractivity (Wildman–Crippen MR) is 69.2 cm³/mol. The van der Waals surface area contributed by atoms with Gasteiger partial charge in [-0.2, -0.15) is 13.2 Å². The van der Waals surface area contributed by atoms with Crippen molar-refractivity contribution < 1.29 is 18.0 Å². The van der Waals surface area contributed by atoms with E-state index in [2.05, 4.69) is 10.6 Å². The highest BCUT2D eigenvalue weighted by molar-refractivity contribution is 5.82. The van der Waals surface area contributed by atoms with E-state index < -0.39 is 12.7 Å². The van der Waals surface area contributed by atoms with Gasteiger partial charge in [-0.1, -0.05) is 6.92 Å². The third kappa shape index (κ3) is 4.34. The van der Waals surface area contributed by atoms with Gasteiger partial charge in [0.2, 0.25) is 5.91 Å². The van der Waals surface area contributed by atoms with E-state index in [-0.39, 0.29) is 17.9 Å². The summed E-state index contributed by atoms with van der Waals surface area (Å²) in [6.07, 6.45) is -2.44. The van der Waals surface area contributed by atoms with E-state index in [1.165, 1.54) is 4.90 Å². The van der Waals surface area contributed by atoms with Crippen molar-refractivity contribution in [2.45, 2.75) is 32.0 Å². The second-order valence-corrected chi connectivity index (χ2v) is 5.95. The van der Waals surface area contributed by atoms with E-state index >= 15 is 0 Å². The minimum absolute atomic E-state index is 0.0238. The van der Waals surface area contributed by atoms with Crippen LogP contribution in [0.5, 0.6) is 0 Å². The van der Waals surface area contributed by atoms with Gasteiger partial charge in [0.15, 0.2) is 0 Å². The average molecular weight is 293 g/mol. The molecule has 2 heterocycles. The summed E-state index contributed by atoms with van der Waals surface area (Å²) in [7, 11) is 0. The third-order valence-corrected chi connectivity index (χ3v) is 4.15. The maximum atomic E-state index is 12.3. The molecule has 0 aromatic rings. The lowest BCUT2D eigenvalue weighted by Crippen LogP contribution is -2.45. The van der Waals surface area contributed by atoms with Crippen LogP contribution in [0.3, 0.4) is 0 Å². The van der Waals surface area contributed by atoms with Crippen LogP contribution in [-0.4, -0.2) is 55.7 Å². The first-order chi connectivity index (χ1) is 9.35. The highest BCUT2D eigenvalue weighted by atomic mass is 19.4. The van der Waals surface area contributed by atoms with Gasteiger partial charge < -0.3 is 10.6 Å². The molecule has 0 spiro atoms. The van der Waals surface area contributed by atoms with Crippen LogP contribution in [0.4, 0.5) is 13.2 Å². The summed E-state index contributed by atoms with van der Waals surface area (Å²) >= 11 is 0. The van der Waals surface area contributed by atoms with Gasteiger partial charge in [-0.25, -0.2) is 0 Å². The molecule has 0 aromatic heterocycles. The summed E-state index contributed by atoms with van der Waals surface area (Å²) < 4.78 is 36.8. The van der Waals surface area contributed by atoms with Crippen molar-refractivity contribution in [2.24, 2.45) is 11.8 Å². The summed E-state index contributed by atoms with van der Waals surface area (Å²) in [6, 6.07) is -0.150. The fourth-order valence-electron chi connectivity index (χ4n) is 3.02. The van der Waals surface area contributed by atoms with Crippen molar-refractivity contribution in [2.75, 3.05) is 32.7 Å². The van der Waals surface area contributed by atoms with Crippen LogP contribution in [0.25, 0.3) is 0 Å². The lowest BCUT2D eigenvalue weighted by atomic mass is 10.0. The van der Waals surface area contributed by atoms with Crippen LogP contribution in [0.2, 0.25) is 0 Å². The summed E-state index contributed by atoms with van der Waals surface area (Å²) in [5, 5.41) is 6.02. The van der Waals surface area contributed by atoms with Crippen molar-refractivity contribution in [3.8, 4) is 0 Å². The molecule has 0 aromatic carbocycles. The number of nitrogens with zero attached hydrogens (tertiary/aromatic N) is 1. The van der Waals surface area contributed by atoms with Crippen molar-refractivity contribution in [1.82, 2.24) is 15.5 Å². The number of hydrogen-bond acceptors (Lipinski definition) is 3. The third-order valence-electron chi connectivity index (χ3n) is 4.15. The summed E-state index contributed by atoms with van der Waals surface area (Å²) in [5.41, 5.74) is 0. The van der Waals surface area contributed by atoms with Gasteiger partial charge in [0, 0.05) is 13.1 Å². The Bertz CT molecular complexity index is 348. The maximum absolute atomic E-state index is 12.3. The Kier molecular flexibility index (Phi) is 4.90. The molecule has 3 unspecified atom stereocenters. The highest BCUT2D eigenvalue weighted by Crippen LogP contribution is 2.22. The summed E-state index contributed by atoms with van der Waals surface area (Å²) in [6.45, 7) is 3.37. The van der Waals surface area contributed by atoms with E-state index in [4.69, 9.17) is 0 Å². The largest absolute Gasteiger partial charge is 0.401 e. The quantitative estimate of drug-likeness (QED) is 0.812. The Morgan fingerprint density at radius 2 is 2.15 bits per heavy atom. The molecule has 0 bridgehead atoms. The topological polar surface area (TPSA) is 44.4 Å². The Hall–Kier alpha value is -0.820. The number of halogens is 3. The lowest BCUT2D eigenvalue weighted by Gasteiger charge is -2.19. The molecule has 2 fully saturated rings. The number of hydrogen-bond donors (Lipinski definition) is 2. The standard InChI is InChI=1S/C13H22F3N3O/c1-9-2-4-17-11(9)12(20)18-6-10-3-5-19(7-10)8-13(14,15)16/h9-11,17H,2-8H2,1H3,(H,18,20). The summed E-state index contributed by atoms with van der Waals surface area (Å²) in [5.74, 6) is 0.419. The number of likely N-dealkylation sites (tertiary alicyclic amines) is 1. The van der Waals surface area contributed by atoms with Crippen molar-refractivity contribution in [3.05, 3.63) is 0 Å². The molecular weight excluding hydrogens is 271 g/mol. The highest BCUT2D eigenvalue weighted by Gasteiger charge is 2.35. The van der Waals surface area contributed by atoms with E-state index in [1.54, 1.807) is 0 Å². The van der Waals surface area contributed by atoms with Gasteiger partial charge >= 0.3 is 6.18 Å². The molecule has 2 N–H and O–H groups in total. The zero-order valence-electron chi connectivity index (χ0n) is 11.7. The molecule has 7 heteroatoms. The second kappa shape index (κ2) is 6.30. The van der Waals surface area contributed by atoms with Crippen LogP contribution in [0.15, 0.2) is 0 Å². The zero-order chi connectivity index (χ0) is 14.8. The smallest absolute Gasteiger partial charge is 0.354 e. The van der Waals surface area contributed by atoms with Gasteiger partial charge in [0.05, 0.1) is 12.6 Å². The number of rotatable bonds is 4. The van der Waals surface area contributed by atoms with Crippen molar-refractivity contribution in [1.29, 1.82) is 0 Å². The second-order valence-electron chi connectivity index (χ2n) is 5.95. The van der Waals surface area contributed by atoms with Gasteiger partial charge in [-0.05, 0) is 37.8 Å². The first kappa shape index (κ1) is 15.6. The molecule has 0 saturated carbocycles. The molecule has 2 aliphatic heterocycles. The fourth-order valence-corrected chi connectivity index (χ4v) is 3.02. The van der Waals surface area contributed by atoms with Crippen LogP contribution in [0.1, 0.15) is 19.8 Å². The molecule has 2 aliphatic rings. The molecule has 20 heavy (non-hydrogen) atoms. The van der Waals surface area contributed by atoms with Crippen LogP contribution >= 0.6 is 0 Å². The van der Waals surface area contributed by atoms with Crippen LogP contribution in [0, 0.1) is 11.8 Å². The first-order valence-corrected chi connectivity index (χ1v) is 7.15. The SMILES string of the molecule is CC1CCNC1C(=O)NCC1CCN(CC(F)(F)F)C1. The Morgan fingerprint density at radius 3 is 2.75 bits per heavy atom. The summed E-state index contributed by atoms with van der Waals surface area (Å²) in [4.78, 5) is 13.4. The van der Waals surface area contributed by atoms with Crippen LogP contribution in [-0.2, 0) is 4.79 Å². The van der Waals surface area contributed by atoms with Crippen LogP contribution < -0.4 is 10.6 Å². The number of alkyl halides is 3. The molecule has 0 aliphatic carbocycles. The minimum Gasteiger partial charge on any atom is -0.354 e. The number of carbonyl (C=O) groups is 1. The number of amides is 1. The van der Waals surface area contributed by atoms with Gasteiger partial charge in [0.25, 0.3) is 0 Å². The Labute approximate surface area is 117 Å². The van der Waals surface area contributed by atoms with E-state index in [0.29, 0.717) is 32.0 Å². The number of nitrogens with one attached hydrogen (secondary N) is 2. The number of carbonyl (C=O) groups excluding carboxylic acids is 1. The first-order valence-electron chi connectivity index (χ1n) is 7.15. The van der Waals surface area contributed by atoms with E-state index in [1.807, 2.05) is 6.92 Å². The van der Waals surface area contributed by atoms with Gasteiger partial charge in [-0.3, -0.25) is 9.69 Å². The lowest BCUT2D eigenvalue weighted by molar-refractivity contribution is -0.143. The normalized spacial score (nSPS) is 31.7. The molecule has 0 radical (unpaired) electrons. The molecule has 3 atom stereocenters. The molecular formula is C13H22F3N3O. The molecule has 2 saturated heterocycles.